The zero-order valence-corrected chi connectivity index (χ0v) is 15.2. The molecule has 126 valence electrons. The van der Waals surface area contributed by atoms with E-state index >= 15 is 0 Å². The first-order valence-corrected chi connectivity index (χ1v) is 5.32. The van der Waals surface area contributed by atoms with E-state index in [0.717, 1.165) is 12.2 Å². The second-order valence-electron chi connectivity index (χ2n) is 1.93. The van der Waals surface area contributed by atoms with Crippen molar-refractivity contribution in [1.82, 2.24) is 0 Å². The van der Waals surface area contributed by atoms with Gasteiger partial charge < -0.3 is 25.3 Å². The van der Waals surface area contributed by atoms with Gasteiger partial charge >= 0.3 is 67.8 Å². The van der Waals surface area contributed by atoms with Gasteiger partial charge in [0.25, 0.3) is 0 Å². The van der Waals surface area contributed by atoms with E-state index in [2.05, 4.69) is 46.8 Å². The predicted molar refractivity (Wildman–Crippen MR) is 66.5 cm³/mol. The summed E-state index contributed by atoms with van der Waals surface area (Å²) in [4.78, 5) is 0. The van der Waals surface area contributed by atoms with Crippen LogP contribution in [-0.4, -0.2) is 11.0 Å². The average molecular weight is 428 g/mol. The summed E-state index contributed by atoms with van der Waals surface area (Å²) in [6.45, 7) is 29.2. The molecule has 10 heteroatoms. The third kappa shape index (κ3) is 194. The Labute approximate surface area is 164 Å². The molecule has 1 unspecified atom stereocenters. The van der Waals surface area contributed by atoms with Crippen molar-refractivity contribution in [2.24, 2.45) is 0 Å². The van der Waals surface area contributed by atoms with Crippen LogP contribution in [0.1, 0.15) is 26.2 Å². The maximum atomic E-state index is 7.50. The summed E-state index contributed by atoms with van der Waals surface area (Å²) in [5.41, 5.74) is 0. The van der Waals surface area contributed by atoms with Crippen molar-refractivity contribution in [3.05, 3.63) is 39.9 Å². The molecule has 6 nitrogen and oxygen atoms in total. The first kappa shape index (κ1) is 57.3. The van der Waals surface area contributed by atoms with Gasteiger partial charge in [0.2, 0.25) is 0 Å². The molecule has 0 heterocycles. The smallest absolute Gasteiger partial charge is 0 e. The molecule has 22 heavy (non-hydrogen) atoms. The minimum Gasteiger partial charge on any atom is 0 e. The molecule has 0 radical (unpaired) electrons. The molecule has 0 aromatic heterocycles. The van der Waals surface area contributed by atoms with Crippen LogP contribution in [0.5, 0.6) is 0 Å². The number of hydrogen-bond donors (Lipinski definition) is 0. The van der Waals surface area contributed by atoms with Crippen LogP contribution in [0.25, 0.3) is 0 Å². The summed E-state index contributed by atoms with van der Waals surface area (Å²) in [6.07, 6.45) is 3.61. The molecular weight excluding hydrogens is 416 g/mol. The van der Waals surface area contributed by atoms with Crippen LogP contribution in [-0.2, 0) is 87.3 Å². The first-order chi connectivity index (χ1) is 9.81. The van der Waals surface area contributed by atoms with Crippen molar-refractivity contribution < 1.29 is 62.1 Å². The Morgan fingerprint density at radius 2 is 0.955 bits per heavy atom. The molecule has 0 spiro atoms. The normalized spacial score (nSPS) is 5.59. The zero-order valence-electron chi connectivity index (χ0n) is 11.4. The fourth-order valence-electron chi connectivity index (χ4n) is 0.515. The topological polar surface area (TPSA) is 119 Å². The summed E-state index contributed by atoms with van der Waals surface area (Å²) in [5.74, 6) is 0.745. The van der Waals surface area contributed by atoms with Crippen molar-refractivity contribution in [2.45, 2.75) is 31.4 Å². The SMILES string of the molecule is CCCCC([S-])C[S-].[C-]#[O+].[C-]#[O+].[C-]#[O+].[C-]#[O+].[C-]#[O+].[C-]#[O+].[Fe].[Fe]. The second-order valence-corrected chi connectivity index (χ2v) is 2.93. The van der Waals surface area contributed by atoms with E-state index in [1.165, 1.54) is 12.8 Å². The van der Waals surface area contributed by atoms with Gasteiger partial charge in [0, 0.05) is 34.1 Å². The standard InChI is InChI=1S/C6H14S2.6CO.2Fe/c1-2-3-4-6(8)5-7;6*1-2;;/h6-8H,2-5H2,1H3;;;;;;;;/p-2. The van der Waals surface area contributed by atoms with Crippen LogP contribution in [0, 0.1) is 39.9 Å². The molecule has 0 bridgehead atoms. The Hall–Kier alpha value is 0.179. The van der Waals surface area contributed by atoms with Gasteiger partial charge in [-0.1, -0.05) is 26.2 Å². The molecule has 0 aliphatic rings. The molecule has 0 aromatic carbocycles. The van der Waals surface area contributed by atoms with E-state index in [0.29, 0.717) is 5.25 Å². The summed E-state index contributed by atoms with van der Waals surface area (Å²) < 4.78 is 45.0. The monoisotopic (exact) mass is 428 g/mol. The average Bonchev–Trinajstić information content (AvgIpc) is 2.63. The molecule has 0 rings (SSSR count). The van der Waals surface area contributed by atoms with Gasteiger partial charge in [0.15, 0.2) is 0 Å². The molecule has 0 saturated heterocycles. The van der Waals surface area contributed by atoms with Gasteiger partial charge in [-0.2, -0.15) is 11.0 Å². The van der Waals surface area contributed by atoms with E-state index < -0.39 is 0 Å². The van der Waals surface area contributed by atoms with Crippen molar-refractivity contribution >= 4 is 25.3 Å². The van der Waals surface area contributed by atoms with Gasteiger partial charge in [-0.05, 0) is 0 Å². The van der Waals surface area contributed by atoms with Crippen molar-refractivity contribution in [2.75, 3.05) is 5.75 Å². The Morgan fingerprint density at radius 1 is 0.727 bits per heavy atom. The van der Waals surface area contributed by atoms with E-state index in [9.17, 15) is 0 Å². The van der Waals surface area contributed by atoms with Crippen LogP contribution in [0.15, 0.2) is 0 Å². The molecule has 0 saturated carbocycles. The molecule has 0 amide bonds. The van der Waals surface area contributed by atoms with Crippen LogP contribution in [0.2, 0.25) is 0 Å². The van der Waals surface area contributed by atoms with Gasteiger partial charge in [-0.3, -0.25) is 0 Å². The molecule has 0 aliphatic heterocycles. The van der Waals surface area contributed by atoms with Crippen LogP contribution in [0.3, 0.4) is 0 Å². The molecule has 0 N–H and O–H groups in total. The van der Waals surface area contributed by atoms with Gasteiger partial charge in [-0.15, -0.1) is 0 Å². The van der Waals surface area contributed by atoms with Gasteiger partial charge in [0.1, 0.15) is 0 Å². The van der Waals surface area contributed by atoms with E-state index in [1.807, 2.05) is 0 Å². The molecule has 1 atom stereocenters. The number of hydrogen-bond acceptors (Lipinski definition) is 2. The molecule has 0 aromatic rings. The predicted octanol–water partition coefficient (Wildman–Crippen LogP) is 1.41. The number of rotatable bonds is 4. The third-order valence-corrected chi connectivity index (χ3v) is 2.08. The fourth-order valence-corrected chi connectivity index (χ4v) is 0.848. The molecular formula is C12H12Fe2O6S2-2. The largest absolute Gasteiger partial charge is 0 e. The van der Waals surface area contributed by atoms with E-state index in [1.54, 1.807) is 0 Å². The van der Waals surface area contributed by atoms with Crippen molar-refractivity contribution in [3.8, 4) is 0 Å². The van der Waals surface area contributed by atoms with E-state index in [-0.39, 0.29) is 34.1 Å². The maximum absolute atomic E-state index is 7.50. The minimum atomic E-state index is 0. The first-order valence-electron chi connectivity index (χ1n) is 4.27. The van der Waals surface area contributed by atoms with Gasteiger partial charge in [0.05, 0.1) is 0 Å². The Bertz CT molecular complexity index is 193. The summed E-state index contributed by atoms with van der Waals surface area (Å²) >= 11 is 9.78. The quantitative estimate of drug-likeness (QED) is 0.291. The summed E-state index contributed by atoms with van der Waals surface area (Å²) in [7, 11) is 0. The summed E-state index contributed by atoms with van der Waals surface area (Å²) in [6, 6.07) is 0. The minimum absolute atomic E-state index is 0. The zero-order chi connectivity index (χ0) is 18.4. The Kier molecular flexibility index (Phi) is 436. The third-order valence-electron chi connectivity index (χ3n) is 1.07. The summed E-state index contributed by atoms with van der Waals surface area (Å²) in [5, 5.41) is 0.352. The maximum Gasteiger partial charge on any atom is 0 e. The number of unbranched alkanes of at least 4 members (excludes halogenated alkanes) is 1. The van der Waals surface area contributed by atoms with E-state index in [4.69, 9.17) is 53.2 Å². The van der Waals surface area contributed by atoms with Crippen LogP contribution >= 0.6 is 0 Å². The fraction of sp³-hybridized carbons (Fsp3) is 0.500. The van der Waals surface area contributed by atoms with Crippen molar-refractivity contribution in [3.63, 3.8) is 0 Å². The molecule has 0 aliphatic carbocycles. The van der Waals surface area contributed by atoms with Crippen molar-refractivity contribution in [1.29, 1.82) is 0 Å². The van der Waals surface area contributed by atoms with Crippen LogP contribution < -0.4 is 0 Å². The van der Waals surface area contributed by atoms with Crippen LogP contribution in [0.4, 0.5) is 0 Å². The Morgan fingerprint density at radius 3 is 1.09 bits per heavy atom. The molecule has 0 fully saturated rings. The second kappa shape index (κ2) is 167. The Balaban J connectivity index is -0.0000000149. The van der Waals surface area contributed by atoms with Gasteiger partial charge in [-0.25, -0.2) is 0 Å².